The number of benzene rings is 2. The summed E-state index contributed by atoms with van der Waals surface area (Å²) in [7, 11) is 0. The molecule has 2 aliphatic carbocycles. The van der Waals surface area contributed by atoms with E-state index >= 15 is 0 Å². The van der Waals surface area contributed by atoms with Gasteiger partial charge in [-0.15, -0.1) is 0 Å². The summed E-state index contributed by atoms with van der Waals surface area (Å²) in [6, 6.07) is 22.2. The van der Waals surface area contributed by atoms with Crippen LogP contribution < -0.4 is 11.1 Å². The molecule has 180 valence electrons. The van der Waals surface area contributed by atoms with Gasteiger partial charge in [0, 0.05) is 46.9 Å². The summed E-state index contributed by atoms with van der Waals surface area (Å²) in [4.78, 5) is 14.6. The van der Waals surface area contributed by atoms with Crippen molar-refractivity contribution in [2.75, 3.05) is 5.73 Å². The van der Waals surface area contributed by atoms with E-state index in [0.29, 0.717) is 23.8 Å². The van der Waals surface area contributed by atoms with Gasteiger partial charge in [-0.25, -0.2) is 15.0 Å². The lowest BCUT2D eigenvalue weighted by Crippen LogP contribution is -2.45. The van der Waals surface area contributed by atoms with Gasteiger partial charge in [-0.2, -0.15) is 0 Å². The molecule has 2 aromatic carbocycles. The van der Waals surface area contributed by atoms with E-state index in [9.17, 15) is 0 Å². The molecule has 0 unspecified atom stereocenters. The van der Waals surface area contributed by atoms with Gasteiger partial charge in [-0.3, -0.25) is 4.40 Å². The molecule has 0 bridgehead atoms. The Morgan fingerprint density at radius 1 is 0.861 bits per heavy atom. The molecule has 0 radical (unpaired) electrons. The molecule has 3 aromatic heterocycles. The van der Waals surface area contributed by atoms with Crippen molar-refractivity contribution in [1.29, 1.82) is 0 Å². The van der Waals surface area contributed by atoms with Crippen molar-refractivity contribution in [1.82, 2.24) is 24.7 Å². The highest BCUT2D eigenvalue weighted by Crippen LogP contribution is 2.40. The van der Waals surface area contributed by atoms with Crippen LogP contribution in [0.15, 0.2) is 73.1 Å². The fourth-order valence-corrected chi connectivity index (χ4v) is 6.00. The number of fused-ring (bicyclic) bond motifs is 2. The average molecular weight is 475 g/mol. The summed E-state index contributed by atoms with van der Waals surface area (Å²) < 4.78 is 2.16. The maximum absolute atomic E-state index is 6.42. The minimum Gasteiger partial charge on any atom is -0.382 e. The number of hydrogen-bond acceptors (Lipinski definition) is 5. The standard InChI is InChI=1S/C30H30N6/c31-29-28-27(21-11-10-20-12-13-25(34-26(20)18-21)19-6-2-1-3-7-19)35-30(36(28)15-14-32-29)22-16-24(17-22)33-23-8-4-5-9-23/h1-3,6-7,10-15,18,22-24,33H,4-5,8-9,16-17H2,(H2,31,32). The fraction of sp³-hybridized carbons (Fsp3) is 0.300. The van der Waals surface area contributed by atoms with Crippen molar-refractivity contribution in [3.8, 4) is 22.5 Å². The highest BCUT2D eigenvalue weighted by Gasteiger charge is 2.35. The molecule has 7 rings (SSSR count). The molecule has 3 N–H and O–H groups in total. The number of nitrogens with two attached hydrogens (primary N) is 1. The largest absolute Gasteiger partial charge is 0.382 e. The topological polar surface area (TPSA) is 81.1 Å². The zero-order valence-corrected chi connectivity index (χ0v) is 20.3. The number of imidazole rings is 1. The predicted octanol–water partition coefficient (Wildman–Crippen LogP) is 5.97. The third kappa shape index (κ3) is 3.73. The van der Waals surface area contributed by atoms with Crippen molar-refractivity contribution in [2.45, 2.75) is 56.5 Å². The van der Waals surface area contributed by atoms with E-state index < -0.39 is 0 Å². The summed E-state index contributed by atoms with van der Waals surface area (Å²) in [6.07, 6.45) is 11.4. The molecule has 6 nitrogen and oxygen atoms in total. The van der Waals surface area contributed by atoms with Crippen molar-refractivity contribution in [3.63, 3.8) is 0 Å². The Morgan fingerprint density at radius 3 is 2.50 bits per heavy atom. The average Bonchev–Trinajstić information content (AvgIpc) is 3.55. The SMILES string of the molecule is Nc1nccn2c(C3CC(NC4CCCC4)C3)nc(-c3ccc4ccc(-c5ccccc5)nc4c3)c12. The second-order valence-corrected chi connectivity index (χ2v) is 10.3. The molecule has 0 saturated heterocycles. The van der Waals surface area contributed by atoms with Crippen LogP contribution in [0.5, 0.6) is 0 Å². The highest BCUT2D eigenvalue weighted by molar-refractivity contribution is 5.91. The molecule has 0 spiro atoms. The minimum atomic E-state index is 0.426. The summed E-state index contributed by atoms with van der Waals surface area (Å²) >= 11 is 0. The molecule has 3 heterocycles. The summed E-state index contributed by atoms with van der Waals surface area (Å²) in [5, 5.41) is 4.97. The van der Waals surface area contributed by atoms with Gasteiger partial charge in [0.15, 0.2) is 0 Å². The van der Waals surface area contributed by atoms with E-state index in [0.717, 1.165) is 57.6 Å². The molecule has 0 atom stereocenters. The van der Waals surface area contributed by atoms with Gasteiger partial charge in [-0.1, -0.05) is 61.4 Å². The third-order valence-electron chi connectivity index (χ3n) is 7.98. The first kappa shape index (κ1) is 21.5. The molecule has 5 aromatic rings. The maximum Gasteiger partial charge on any atom is 0.150 e. The van der Waals surface area contributed by atoms with E-state index in [1.165, 1.54) is 25.7 Å². The lowest BCUT2D eigenvalue weighted by molar-refractivity contribution is 0.257. The first-order chi connectivity index (χ1) is 17.7. The van der Waals surface area contributed by atoms with E-state index in [1.807, 2.05) is 24.4 Å². The summed E-state index contributed by atoms with van der Waals surface area (Å²) in [6.45, 7) is 0. The first-order valence-corrected chi connectivity index (χ1v) is 13.1. The van der Waals surface area contributed by atoms with Gasteiger partial charge in [0.2, 0.25) is 0 Å². The lowest BCUT2D eigenvalue weighted by Gasteiger charge is -2.37. The van der Waals surface area contributed by atoms with Crippen molar-refractivity contribution in [2.24, 2.45) is 0 Å². The Hall–Kier alpha value is -3.77. The fourth-order valence-electron chi connectivity index (χ4n) is 6.00. The lowest BCUT2D eigenvalue weighted by atomic mass is 9.79. The van der Waals surface area contributed by atoms with Crippen LogP contribution >= 0.6 is 0 Å². The predicted molar refractivity (Wildman–Crippen MR) is 145 cm³/mol. The molecule has 0 amide bonds. The Morgan fingerprint density at radius 2 is 1.67 bits per heavy atom. The van der Waals surface area contributed by atoms with E-state index in [2.05, 4.69) is 57.2 Å². The number of aromatic nitrogens is 4. The van der Waals surface area contributed by atoms with Crippen LogP contribution in [-0.4, -0.2) is 31.4 Å². The summed E-state index contributed by atoms with van der Waals surface area (Å²) in [5.41, 5.74) is 12.2. The number of hydrogen-bond donors (Lipinski definition) is 2. The first-order valence-electron chi connectivity index (χ1n) is 13.1. The molecular weight excluding hydrogens is 444 g/mol. The normalized spacial score (nSPS) is 20.2. The monoisotopic (exact) mass is 474 g/mol. The number of nitrogen functional groups attached to an aromatic ring is 1. The van der Waals surface area contributed by atoms with E-state index in [-0.39, 0.29) is 0 Å². The Balaban J connectivity index is 1.25. The van der Waals surface area contributed by atoms with Crippen LogP contribution in [0.4, 0.5) is 5.82 Å². The zero-order valence-electron chi connectivity index (χ0n) is 20.3. The van der Waals surface area contributed by atoms with Crippen LogP contribution in [-0.2, 0) is 0 Å². The van der Waals surface area contributed by atoms with Crippen molar-refractivity contribution < 1.29 is 0 Å². The van der Waals surface area contributed by atoms with Gasteiger partial charge in [0.1, 0.15) is 22.9 Å². The number of nitrogens with zero attached hydrogens (tertiary/aromatic N) is 4. The smallest absolute Gasteiger partial charge is 0.150 e. The molecule has 2 aliphatic rings. The number of anilines is 1. The van der Waals surface area contributed by atoms with Crippen molar-refractivity contribution >= 4 is 22.2 Å². The Labute approximate surface area is 210 Å². The molecule has 0 aliphatic heterocycles. The van der Waals surface area contributed by atoms with Gasteiger partial charge in [0.25, 0.3) is 0 Å². The molecule has 6 heteroatoms. The molecule has 36 heavy (non-hydrogen) atoms. The highest BCUT2D eigenvalue weighted by atomic mass is 15.1. The second-order valence-electron chi connectivity index (χ2n) is 10.3. The number of pyridine rings is 1. The molecule has 2 saturated carbocycles. The van der Waals surface area contributed by atoms with Crippen LogP contribution in [0.3, 0.4) is 0 Å². The maximum atomic E-state index is 6.42. The quantitative estimate of drug-likeness (QED) is 0.328. The second kappa shape index (κ2) is 8.71. The Kier molecular flexibility index (Phi) is 5.21. The van der Waals surface area contributed by atoms with Gasteiger partial charge in [0.05, 0.1) is 11.2 Å². The summed E-state index contributed by atoms with van der Waals surface area (Å²) in [5.74, 6) is 2.03. The van der Waals surface area contributed by atoms with Crippen LogP contribution in [0.2, 0.25) is 0 Å². The van der Waals surface area contributed by atoms with Crippen LogP contribution in [0, 0.1) is 0 Å². The Bertz CT molecular complexity index is 1540. The molecule has 2 fully saturated rings. The van der Waals surface area contributed by atoms with Crippen LogP contribution in [0.1, 0.15) is 50.3 Å². The van der Waals surface area contributed by atoms with Gasteiger partial charge in [-0.05, 0) is 37.8 Å². The van der Waals surface area contributed by atoms with E-state index in [1.54, 1.807) is 6.20 Å². The van der Waals surface area contributed by atoms with Crippen LogP contribution in [0.25, 0.3) is 38.9 Å². The number of nitrogens with one attached hydrogen (secondary N) is 1. The number of rotatable bonds is 5. The van der Waals surface area contributed by atoms with Gasteiger partial charge >= 0.3 is 0 Å². The van der Waals surface area contributed by atoms with E-state index in [4.69, 9.17) is 15.7 Å². The minimum absolute atomic E-state index is 0.426. The zero-order chi connectivity index (χ0) is 24.1. The van der Waals surface area contributed by atoms with Gasteiger partial charge < -0.3 is 11.1 Å². The van der Waals surface area contributed by atoms with Crippen molar-refractivity contribution in [3.05, 3.63) is 78.9 Å². The third-order valence-corrected chi connectivity index (χ3v) is 7.98. The molecular formula is C30H30N6.